The zero-order valence-corrected chi connectivity index (χ0v) is 11.7. The quantitative estimate of drug-likeness (QED) is 0.682. The number of nitrogens with zero attached hydrogens (tertiary/aromatic N) is 2. The van der Waals surface area contributed by atoms with Crippen molar-refractivity contribution in [1.82, 2.24) is 4.98 Å². The average Bonchev–Trinajstić information content (AvgIpc) is 2.96. The van der Waals surface area contributed by atoms with Crippen molar-refractivity contribution in [3.8, 4) is 0 Å². The van der Waals surface area contributed by atoms with Gasteiger partial charge in [-0.15, -0.1) is 0 Å². The van der Waals surface area contributed by atoms with Crippen LogP contribution in [0.1, 0.15) is 17.2 Å². The minimum Gasteiger partial charge on any atom is -0.318 e. The molecule has 0 saturated carbocycles. The summed E-state index contributed by atoms with van der Waals surface area (Å²) in [6.07, 6.45) is 2.88. The molecule has 0 bridgehead atoms. The molecular formula is C19H16N2. The standard InChI is InChI=1S/C19H16N2/c1-2-8-15(9-3-1)18-14-16-10-4-5-11-17(16)21(18)19-12-6-7-13-20-19/h1-13,18H,14H2. The van der Waals surface area contributed by atoms with Crippen LogP contribution in [0.25, 0.3) is 0 Å². The van der Waals surface area contributed by atoms with Crippen molar-refractivity contribution in [2.75, 3.05) is 4.90 Å². The first-order valence-corrected chi connectivity index (χ1v) is 7.26. The highest BCUT2D eigenvalue weighted by atomic mass is 15.2. The number of hydrogen-bond acceptors (Lipinski definition) is 2. The lowest BCUT2D eigenvalue weighted by Gasteiger charge is -2.27. The van der Waals surface area contributed by atoms with Crippen molar-refractivity contribution >= 4 is 11.5 Å². The molecule has 21 heavy (non-hydrogen) atoms. The van der Waals surface area contributed by atoms with Gasteiger partial charge in [0.05, 0.1) is 6.04 Å². The molecule has 102 valence electrons. The maximum Gasteiger partial charge on any atom is 0.133 e. The van der Waals surface area contributed by atoms with Crippen LogP contribution < -0.4 is 4.90 Å². The number of pyridine rings is 1. The minimum atomic E-state index is 0.318. The SMILES string of the molecule is c1ccc(C2Cc3ccccc3N2c2ccccn2)cc1. The Morgan fingerprint density at radius 1 is 0.810 bits per heavy atom. The van der Waals surface area contributed by atoms with E-state index in [9.17, 15) is 0 Å². The molecule has 0 fully saturated rings. The number of para-hydroxylation sites is 1. The van der Waals surface area contributed by atoms with Crippen LogP contribution in [0.15, 0.2) is 79.0 Å². The number of fused-ring (bicyclic) bond motifs is 1. The van der Waals surface area contributed by atoms with Gasteiger partial charge >= 0.3 is 0 Å². The highest BCUT2D eigenvalue weighted by Gasteiger charge is 2.31. The molecule has 1 aromatic heterocycles. The van der Waals surface area contributed by atoms with Gasteiger partial charge in [-0.25, -0.2) is 4.98 Å². The van der Waals surface area contributed by atoms with Crippen LogP contribution in [-0.4, -0.2) is 4.98 Å². The Hall–Kier alpha value is -2.61. The predicted molar refractivity (Wildman–Crippen MR) is 85.7 cm³/mol. The van der Waals surface area contributed by atoms with Crippen LogP contribution in [0.4, 0.5) is 11.5 Å². The lowest BCUT2D eigenvalue weighted by Crippen LogP contribution is -2.20. The number of benzene rings is 2. The summed E-state index contributed by atoms with van der Waals surface area (Å²) >= 11 is 0. The van der Waals surface area contributed by atoms with Gasteiger partial charge in [0.1, 0.15) is 5.82 Å². The summed E-state index contributed by atoms with van der Waals surface area (Å²) in [5.41, 5.74) is 3.99. The highest BCUT2D eigenvalue weighted by molar-refractivity contribution is 5.69. The fourth-order valence-electron chi connectivity index (χ4n) is 3.11. The molecule has 2 heteroatoms. The van der Waals surface area contributed by atoms with E-state index in [1.807, 2.05) is 18.3 Å². The maximum atomic E-state index is 4.56. The Bertz CT molecular complexity index is 738. The number of rotatable bonds is 2. The molecule has 0 spiro atoms. The van der Waals surface area contributed by atoms with Crippen LogP contribution in [0.3, 0.4) is 0 Å². The molecule has 0 aliphatic carbocycles. The molecule has 2 nitrogen and oxygen atoms in total. The van der Waals surface area contributed by atoms with E-state index in [2.05, 4.69) is 70.5 Å². The monoisotopic (exact) mass is 272 g/mol. The zero-order chi connectivity index (χ0) is 14.1. The van der Waals surface area contributed by atoms with Crippen molar-refractivity contribution in [3.63, 3.8) is 0 Å². The van der Waals surface area contributed by atoms with Crippen molar-refractivity contribution in [1.29, 1.82) is 0 Å². The van der Waals surface area contributed by atoms with Crippen LogP contribution in [-0.2, 0) is 6.42 Å². The Morgan fingerprint density at radius 3 is 2.38 bits per heavy atom. The Morgan fingerprint density at radius 2 is 1.57 bits per heavy atom. The summed E-state index contributed by atoms with van der Waals surface area (Å²) < 4.78 is 0. The number of anilines is 2. The zero-order valence-electron chi connectivity index (χ0n) is 11.7. The number of aromatic nitrogens is 1. The molecule has 1 aliphatic rings. The maximum absolute atomic E-state index is 4.56. The van der Waals surface area contributed by atoms with E-state index in [0.717, 1.165) is 12.2 Å². The van der Waals surface area contributed by atoms with E-state index in [0.29, 0.717) is 6.04 Å². The average molecular weight is 272 g/mol. The van der Waals surface area contributed by atoms with Gasteiger partial charge in [-0.05, 0) is 35.7 Å². The second-order valence-electron chi connectivity index (χ2n) is 5.32. The topological polar surface area (TPSA) is 16.1 Å². The first kappa shape index (κ1) is 12.2. The fraction of sp³-hybridized carbons (Fsp3) is 0.105. The summed E-state index contributed by atoms with van der Waals surface area (Å²) in [7, 11) is 0. The van der Waals surface area contributed by atoms with E-state index in [1.165, 1.54) is 16.8 Å². The van der Waals surface area contributed by atoms with Crippen LogP contribution in [0, 0.1) is 0 Å². The molecule has 4 rings (SSSR count). The Labute approximate surface area is 124 Å². The first-order valence-electron chi connectivity index (χ1n) is 7.26. The third kappa shape index (κ3) is 2.09. The summed E-state index contributed by atoms with van der Waals surface area (Å²) in [6.45, 7) is 0. The second-order valence-corrected chi connectivity index (χ2v) is 5.32. The van der Waals surface area contributed by atoms with Crippen LogP contribution >= 0.6 is 0 Å². The lowest BCUT2D eigenvalue weighted by molar-refractivity contribution is 0.735. The predicted octanol–water partition coefficient (Wildman–Crippen LogP) is 4.52. The summed E-state index contributed by atoms with van der Waals surface area (Å²) in [4.78, 5) is 6.91. The van der Waals surface area contributed by atoms with E-state index in [1.54, 1.807) is 0 Å². The molecule has 2 heterocycles. The summed E-state index contributed by atoms with van der Waals surface area (Å²) in [5.74, 6) is 1.01. The molecular weight excluding hydrogens is 256 g/mol. The van der Waals surface area contributed by atoms with Crippen molar-refractivity contribution < 1.29 is 0 Å². The van der Waals surface area contributed by atoms with Gasteiger partial charge in [-0.2, -0.15) is 0 Å². The van der Waals surface area contributed by atoms with E-state index in [4.69, 9.17) is 0 Å². The number of hydrogen-bond donors (Lipinski definition) is 0. The molecule has 3 aromatic rings. The summed E-state index contributed by atoms with van der Waals surface area (Å²) in [5, 5.41) is 0. The van der Waals surface area contributed by atoms with E-state index < -0.39 is 0 Å². The lowest BCUT2D eigenvalue weighted by atomic mass is 10.0. The first-order chi connectivity index (χ1) is 10.4. The van der Waals surface area contributed by atoms with Crippen molar-refractivity contribution in [2.45, 2.75) is 12.5 Å². The highest BCUT2D eigenvalue weighted by Crippen LogP contribution is 2.44. The molecule has 2 aromatic carbocycles. The van der Waals surface area contributed by atoms with Gasteiger partial charge in [-0.1, -0.05) is 54.6 Å². The Kier molecular flexibility index (Phi) is 2.93. The van der Waals surface area contributed by atoms with Crippen molar-refractivity contribution in [2.24, 2.45) is 0 Å². The molecule has 1 aliphatic heterocycles. The molecule has 0 radical (unpaired) electrons. The molecule has 1 atom stereocenters. The minimum absolute atomic E-state index is 0.318. The van der Waals surface area contributed by atoms with Crippen molar-refractivity contribution in [3.05, 3.63) is 90.1 Å². The third-order valence-electron chi connectivity index (χ3n) is 4.06. The van der Waals surface area contributed by atoms with Crippen LogP contribution in [0.2, 0.25) is 0 Å². The Balaban J connectivity index is 1.85. The van der Waals surface area contributed by atoms with Gasteiger partial charge in [0, 0.05) is 11.9 Å². The molecule has 0 saturated heterocycles. The fourth-order valence-corrected chi connectivity index (χ4v) is 3.11. The van der Waals surface area contributed by atoms with E-state index >= 15 is 0 Å². The van der Waals surface area contributed by atoms with Gasteiger partial charge < -0.3 is 4.90 Å². The van der Waals surface area contributed by atoms with Gasteiger partial charge in [-0.3, -0.25) is 0 Å². The van der Waals surface area contributed by atoms with E-state index in [-0.39, 0.29) is 0 Å². The molecule has 0 N–H and O–H groups in total. The molecule has 1 unspecified atom stereocenters. The third-order valence-corrected chi connectivity index (χ3v) is 4.06. The van der Waals surface area contributed by atoms with Crippen LogP contribution in [0.5, 0.6) is 0 Å². The molecule has 0 amide bonds. The largest absolute Gasteiger partial charge is 0.318 e. The van der Waals surface area contributed by atoms with Gasteiger partial charge in [0.25, 0.3) is 0 Å². The normalized spacial score (nSPS) is 16.8. The summed E-state index contributed by atoms with van der Waals surface area (Å²) in [6, 6.07) is 25.7. The van der Waals surface area contributed by atoms with Gasteiger partial charge in [0.2, 0.25) is 0 Å². The van der Waals surface area contributed by atoms with Gasteiger partial charge in [0.15, 0.2) is 0 Å². The second kappa shape index (κ2) is 5.06. The smallest absolute Gasteiger partial charge is 0.133 e.